The van der Waals surface area contributed by atoms with Crippen LogP contribution in [0, 0.1) is 0 Å². The van der Waals surface area contributed by atoms with E-state index >= 15 is 0 Å². The van der Waals surface area contributed by atoms with Crippen molar-refractivity contribution in [1.82, 2.24) is 25.2 Å². The van der Waals surface area contributed by atoms with Gasteiger partial charge in [0.25, 0.3) is 0 Å². The molecular weight excluding hydrogens is 271 g/mol. The third kappa shape index (κ3) is 3.45. The van der Waals surface area contributed by atoms with Crippen LogP contribution in [0.15, 0.2) is 18.2 Å². The molecule has 0 bridgehead atoms. The van der Waals surface area contributed by atoms with Crippen LogP contribution in [-0.4, -0.2) is 47.1 Å². The van der Waals surface area contributed by atoms with E-state index in [9.17, 15) is 13.2 Å². The number of likely N-dealkylation sites (N-methyl/N-ethyl adjacent to an activating group) is 1. The van der Waals surface area contributed by atoms with E-state index in [1.54, 1.807) is 4.68 Å². The first-order chi connectivity index (χ1) is 9.38. The van der Waals surface area contributed by atoms with Gasteiger partial charge >= 0.3 is 6.18 Å². The van der Waals surface area contributed by atoms with Crippen LogP contribution in [0.1, 0.15) is 5.56 Å². The van der Waals surface area contributed by atoms with E-state index in [2.05, 4.69) is 15.6 Å². The van der Waals surface area contributed by atoms with Crippen molar-refractivity contribution < 1.29 is 13.2 Å². The summed E-state index contributed by atoms with van der Waals surface area (Å²) in [6.45, 7) is 2.04. The lowest BCUT2D eigenvalue weighted by atomic mass is 10.2. The molecule has 2 aromatic rings. The molecule has 0 amide bonds. The number of hydrogen-bond donors (Lipinski definition) is 1. The molecule has 0 aliphatic carbocycles. The van der Waals surface area contributed by atoms with E-state index in [4.69, 9.17) is 0 Å². The Balaban J connectivity index is 2.09. The topological polar surface area (TPSA) is 46.0 Å². The summed E-state index contributed by atoms with van der Waals surface area (Å²) >= 11 is 0. The first-order valence-electron chi connectivity index (χ1n) is 6.14. The highest BCUT2D eigenvalue weighted by atomic mass is 19.4. The minimum Gasteiger partial charge on any atom is -0.308 e. The van der Waals surface area contributed by atoms with Crippen molar-refractivity contribution >= 4 is 11.0 Å². The maximum absolute atomic E-state index is 12.6. The molecule has 1 aromatic carbocycles. The van der Waals surface area contributed by atoms with Gasteiger partial charge in [-0.15, -0.1) is 5.10 Å². The van der Waals surface area contributed by atoms with E-state index < -0.39 is 11.7 Å². The first kappa shape index (κ1) is 14.7. The van der Waals surface area contributed by atoms with Gasteiger partial charge in [-0.2, -0.15) is 13.2 Å². The van der Waals surface area contributed by atoms with Crippen LogP contribution in [0.5, 0.6) is 0 Å². The number of nitrogens with one attached hydrogen (secondary N) is 1. The second-order valence-corrected chi connectivity index (χ2v) is 4.75. The van der Waals surface area contributed by atoms with Crippen molar-refractivity contribution in [2.75, 3.05) is 27.2 Å². The van der Waals surface area contributed by atoms with Gasteiger partial charge < -0.3 is 4.90 Å². The Kier molecular flexibility index (Phi) is 4.24. The molecule has 1 aromatic heterocycles. The summed E-state index contributed by atoms with van der Waals surface area (Å²) in [6, 6.07) is 3.45. The number of aromatic nitrogens is 3. The average Bonchev–Trinajstić information content (AvgIpc) is 2.76. The Morgan fingerprint density at radius 1 is 1.30 bits per heavy atom. The number of halogens is 3. The molecule has 110 valence electrons. The standard InChI is InChI=1S/C12H16F3N5/c1-19(2)6-5-16-8-20-11-4-3-9(12(13,14)15)7-10(11)17-18-20/h3-4,7,16H,5-6,8H2,1-2H3. The van der Waals surface area contributed by atoms with Gasteiger partial charge in [0.05, 0.1) is 17.7 Å². The largest absolute Gasteiger partial charge is 0.416 e. The van der Waals surface area contributed by atoms with Gasteiger partial charge in [0, 0.05) is 13.1 Å². The number of nitrogens with zero attached hydrogens (tertiary/aromatic N) is 4. The molecule has 5 nitrogen and oxygen atoms in total. The molecule has 0 aliphatic heterocycles. The van der Waals surface area contributed by atoms with Gasteiger partial charge in [0.15, 0.2) is 0 Å². The van der Waals surface area contributed by atoms with E-state index in [-0.39, 0.29) is 5.52 Å². The summed E-state index contributed by atoms with van der Waals surface area (Å²) in [5, 5.41) is 10.8. The predicted molar refractivity (Wildman–Crippen MR) is 69.1 cm³/mol. The van der Waals surface area contributed by atoms with Crippen LogP contribution in [-0.2, 0) is 12.8 Å². The normalized spacial score (nSPS) is 12.5. The monoisotopic (exact) mass is 287 g/mol. The Bertz CT molecular complexity index is 576. The fourth-order valence-electron chi connectivity index (χ4n) is 1.75. The number of rotatable bonds is 5. The third-order valence-electron chi connectivity index (χ3n) is 2.84. The zero-order chi connectivity index (χ0) is 14.8. The molecule has 0 spiro atoms. The van der Waals surface area contributed by atoms with E-state index in [0.717, 1.165) is 25.2 Å². The van der Waals surface area contributed by atoms with Crippen molar-refractivity contribution in [3.63, 3.8) is 0 Å². The van der Waals surface area contributed by atoms with E-state index in [0.29, 0.717) is 12.2 Å². The maximum atomic E-state index is 12.6. The van der Waals surface area contributed by atoms with Gasteiger partial charge in [-0.1, -0.05) is 5.21 Å². The molecule has 0 radical (unpaired) electrons. The van der Waals surface area contributed by atoms with E-state index in [1.165, 1.54) is 6.07 Å². The minimum atomic E-state index is -4.36. The number of fused-ring (bicyclic) bond motifs is 1. The number of hydrogen-bond acceptors (Lipinski definition) is 4. The molecule has 0 saturated carbocycles. The molecule has 0 aliphatic rings. The van der Waals surface area contributed by atoms with Crippen molar-refractivity contribution in [1.29, 1.82) is 0 Å². The predicted octanol–water partition coefficient (Wildman–Crippen LogP) is 1.56. The molecule has 1 heterocycles. The minimum absolute atomic E-state index is 0.245. The van der Waals surface area contributed by atoms with Crippen molar-refractivity contribution in [3.8, 4) is 0 Å². The Morgan fingerprint density at radius 2 is 2.05 bits per heavy atom. The van der Waals surface area contributed by atoms with Crippen LogP contribution < -0.4 is 5.32 Å². The molecule has 20 heavy (non-hydrogen) atoms. The lowest BCUT2D eigenvalue weighted by Crippen LogP contribution is -2.28. The number of benzene rings is 1. The van der Waals surface area contributed by atoms with Gasteiger partial charge in [-0.3, -0.25) is 5.32 Å². The van der Waals surface area contributed by atoms with Crippen molar-refractivity contribution in [2.45, 2.75) is 12.8 Å². The Morgan fingerprint density at radius 3 is 2.70 bits per heavy atom. The molecule has 8 heteroatoms. The first-order valence-corrected chi connectivity index (χ1v) is 6.14. The SMILES string of the molecule is CN(C)CCNCn1nnc2cc(C(F)(F)F)ccc21. The molecular formula is C12H16F3N5. The second-order valence-electron chi connectivity index (χ2n) is 4.75. The summed E-state index contributed by atoms with van der Waals surface area (Å²) in [5.41, 5.74) is 0.113. The van der Waals surface area contributed by atoms with Gasteiger partial charge in [-0.25, -0.2) is 4.68 Å². The third-order valence-corrected chi connectivity index (χ3v) is 2.84. The molecule has 0 fully saturated rings. The Hall–Kier alpha value is -1.67. The lowest BCUT2D eigenvalue weighted by Gasteiger charge is -2.10. The van der Waals surface area contributed by atoms with Gasteiger partial charge in [0.1, 0.15) is 5.52 Å². The molecule has 1 N–H and O–H groups in total. The molecule has 2 rings (SSSR count). The fraction of sp³-hybridized carbons (Fsp3) is 0.500. The molecule has 0 unspecified atom stereocenters. The van der Waals surface area contributed by atoms with Crippen LogP contribution in [0.25, 0.3) is 11.0 Å². The average molecular weight is 287 g/mol. The van der Waals surface area contributed by atoms with Crippen LogP contribution in [0.2, 0.25) is 0 Å². The Labute approximate surface area is 114 Å². The van der Waals surface area contributed by atoms with Crippen molar-refractivity contribution in [3.05, 3.63) is 23.8 Å². The van der Waals surface area contributed by atoms with E-state index in [1.807, 2.05) is 19.0 Å². The number of alkyl halides is 3. The molecule has 0 saturated heterocycles. The summed E-state index contributed by atoms with van der Waals surface area (Å²) in [4.78, 5) is 2.03. The van der Waals surface area contributed by atoms with Crippen molar-refractivity contribution in [2.24, 2.45) is 0 Å². The maximum Gasteiger partial charge on any atom is 0.416 e. The molecule has 0 atom stereocenters. The zero-order valence-corrected chi connectivity index (χ0v) is 11.3. The summed E-state index contributed by atoms with van der Waals surface area (Å²) < 4.78 is 39.3. The summed E-state index contributed by atoms with van der Waals surface area (Å²) in [7, 11) is 3.93. The smallest absolute Gasteiger partial charge is 0.308 e. The fourth-order valence-corrected chi connectivity index (χ4v) is 1.75. The zero-order valence-electron chi connectivity index (χ0n) is 11.3. The summed E-state index contributed by atoms with van der Waals surface area (Å²) in [5.74, 6) is 0. The van der Waals surface area contributed by atoms with Crippen LogP contribution >= 0.6 is 0 Å². The highest BCUT2D eigenvalue weighted by molar-refractivity contribution is 5.75. The highest BCUT2D eigenvalue weighted by Crippen LogP contribution is 2.30. The lowest BCUT2D eigenvalue weighted by molar-refractivity contribution is -0.137. The van der Waals surface area contributed by atoms with Gasteiger partial charge in [0.2, 0.25) is 0 Å². The second kappa shape index (κ2) is 5.76. The highest BCUT2D eigenvalue weighted by Gasteiger charge is 2.30. The van der Waals surface area contributed by atoms with Crippen LogP contribution in [0.3, 0.4) is 0 Å². The quantitative estimate of drug-likeness (QED) is 0.848. The summed E-state index contributed by atoms with van der Waals surface area (Å²) in [6.07, 6.45) is -4.36. The van der Waals surface area contributed by atoms with Crippen LogP contribution in [0.4, 0.5) is 13.2 Å². The van der Waals surface area contributed by atoms with Gasteiger partial charge in [-0.05, 0) is 32.3 Å².